The van der Waals surface area contributed by atoms with Gasteiger partial charge in [0, 0.05) is 25.3 Å². The van der Waals surface area contributed by atoms with Gasteiger partial charge in [-0.3, -0.25) is 0 Å². The number of hydrogen-bond donors (Lipinski definition) is 1. The molecule has 9 heteroatoms. The van der Waals surface area contributed by atoms with E-state index in [4.69, 9.17) is 26.2 Å². The summed E-state index contributed by atoms with van der Waals surface area (Å²) in [5, 5.41) is 9.60. The number of pyridine rings is 1. The Hall–Kier alpha value is -3.00. The second-order valence-electron chi connectivity index (χ2n) is 8.90. The minimum Gasteiger partial charge on any atom is -0.497 e. The average Bonchev–Trinajstić information content (AvgIpc) is 3.34. The van der Waals surface area contributed by atoms with Gasteiger partial charge in [-0.05, 0) is 51.0 Å². The Balaban J connectivity index is 1.53. The largest absolute Gasteiger partial charge is 0.497 e. The molecule has 0 spiro atoms. The molecule has 3 aromatic rings. The summed E-state index contributed by atoms with van der Waals surface area (Å²) in [5.74, 6) is 1.47. The molecule has 1 aliphatic rings. The molecule has 1 aliphatic heterocycles. The van der Waals surface area contributed by atoms with Crippen LogP contribution in [-0.2, 0) is 11.3 Å². The van der Waals surface area contributed by atoms with Crippen molar-refractivity contribution in [2.24, 2.45) is 0 Å². The fourth-order valence-corrected chi connectivity index (χ4v) is 3.97. The van der Waals surface area contributed by atoms with Crippen molar-refractivity contribution in [3.05, 3.63) is 47.1 Å². The molecular formula is C23H28ClN5O3. The molecule has 1 N–H and O–H groups in total. The normalized spacial score (nSPS) is 16.4. The molecular weight excluding hydrogens is 430 g/mol. The van der Waals surface area contributed by atoms with Gasteiger partial charge in [0.2, 0.25) is 0 Å². The van der Waals surface area contributed by atoms with Crippen molar-refractivity contribution in [3.63, 3.8) is 0 Å². The molecule has 1 fully saturated rings. The molecule has 0 aliphatic carbocycles. The zero-order chi connectivity index (χ0) is 22.9. The average molecular weight is 458 g/mol. The number of amides is 1. The number of rotatable bonds is 5. The van der Waals surface area contributed by atoms with Gasteiger partial charge in [0.15, 0.2) is 11.5 Å². The van der Waals surface area contributed by atoms with E-state index in [0.29, 0.717) is 36.1 Å². The fourth-order valence-electron chi connectivity index (χ4n) is 3.74. The first-order chi connectivity index (χ1) is 15.2. The van der Waals surface area contributed by atoms with Gasteiger partial charge in [-0.25, -0.2) is 14.5 Å². The van der Waals surface area contributed by atoms with Crippen LogP contribution in [0.2, 0.25) is 5.02 Å². The number of ether oxygens (including phenoxy) is 2. The molecule has 0 unspecified atom stereocenters. The van der Waals surface area contributed by atoms with Crippen molar-refractivity contribution in [1.29, 1.82) is 0 Å². The van der Waals surface area contributed by atoms with Gasteiger partial charge in [-0.2, -0.15) is 5.10 Å². The van der Waals surface area contributed by atoms with E-state index in [0.717, 1.165) is 23.1 Å². The summed E-state index contributed by atoms with van der Waals surface area (Å²) in [6.07, 6.45) is 2.18. The van der Waals surface area contributed by atoms with Gasteiger partial charge in [-0.1, -0.05) is 23.7 Å². The minimum absolute atomic E-state index is 0.0475. The van der Waals surface area contributed by atoms with Crippen molar-refractivity contribution in [3.8, 4) is 5.75 Å². The Bertz CT molecular complexity index is 1110. The standard InChI is InChI=1S/C23H28ClN5O3/c1-23(2,3)32-22(30)28-12-10-16(14-28)26-20-19-18(24)9-11-25-21(19)29(27-20)13-15-5-7-17(31-4)8-6-15/h5-9,11,16H,10,12-14H2,1-4H3,(H,26,27)/t16-/m1/s1. The van der Waals surface area contributed by atoms with E-state index in [1.165, 1.54) is 0 Å². The van der Waals surface area contributed by atoms with Gasteiger partial charge in [0.25, 0.3) is 0 Å². The third-order valence-electron chi connectivity index (χ3n) is 5.25. The Kier molecular flexibility index (Phi) is 6.15. The molecule has 0 radical (unpaired) electrons. The smallest absolute Gasteiger partial charge is 0.410 e. The number of aromatic nitrogens is 3. The Morgan fingerprint density at radius 3 is 2.69 bits per heavy atom. The maximum Gasteiger partial charge on any atom is 0.410 e. The van der Waals surface area contributed by atoms with Crippen LogP contribution in [0.3, 0.4) is 0 Å². The quantitative estimate of drug-likeness (QED) is 0.604. The lowest BCUT2D eigenvalue weighted by Crippen LogP contribution is -2.36. The Morgan fingerprint density at radius 1 is 1.25 bits per heavy atom. The summed E-state index contributed by atoms with van der Waals surface area (Å²) in [5.41, 5.74) is 1.26. The molecule has 4 rings (SSSR count). The first-order valence-electron chi connectivity index (χ1n) is 10.6. The number of carbonyl (C=O) groups is 1. The monoisotopic (exact) mass is 457 g/mol. The second kappa shape index (κ2) is 8.86. The van der Waals surface area contributed by atoms with E-state index in [1.807, 2.05) is 49.7 Å². The highest BCUT2D eigenvalue weighted by molar-refractivity contribution is 6.36. The van der Waals surface area contributed by atoms with Crippen molar-refractivity contribution in [1.82, 2.24) is 19.7 Å². The van der Waals surface area contributed by atoms with Crippen LogP contribution in [0.15, 0.2) is 36.5 Å². The van der Waals surface area contributed by atoms with Crippen LogP contribution in [0.25, 0.3) is 11.0 Å². The number of benzene rings is 1. The summed E-state index contributed by atoms with van der Waals surface area (Å²) < 4.78 is 12.6. The first-order valence-corrected chi connectivity index (χ1v) is 11.0. The number of likely N-dealkylation sites (tertiary alicyclic amines) is 1. The van der Waals surface area contributed by atoms with Crippen LogP contribution >= 0.6 is 11.6 Å². The molecule has 1 aromatic carbocycles. The maximum absolute atomic E-state index is 12.4. The van der Waals surface area contributed by atoms with Gasteiger partial charge in [0.05, 0.1) is 24.1 Å². The summed E-state index contributed by atoms with van der Waals surface area (Å²) in [7, 11) is 1.65. The summed E-state index contributed by atoms with van der Waals surface area (Å²) in [4.78, 5) is 18.6. The van der Waals surface area contributed by atoms with Crippen LogP contribution in [0.5, 0.6) is 5.75 Å². The van der Waals surface area contributed by atoms with Crippen LogP contribution in [0.1, 0.15) is 32.8 Å². The first kappa shape index (κ1) is 22.2. The molecule has 0 saturated carbocycles. The minimum atomic E-state index is -0.516. The lowest BCUT2D eigenvalue weighted by atomic mass is 10.2. The van der Waals surface area contributed by atoms with Gasteiger partial charge < -0.3 is 19.7 Å². The van der Waals surface area contributed by atoms with Crippen molar-refractivity contribution < 1.29 is 14.3 Å². The summed E-state index contributed by atoms with van der Waals surface area (Å²) >= 11 is 6.52. The van der Waals surface area contributed by atoms with E-state index < -0.39 is 5.60 Å². The molecule has 0 bridgehead atoms. The number of halogens is 1. The zero-order valence-corrected chi connectivity index (χ0v) is 19.5. The van der Waals surface area contributed by atoms with Crippen LogP contribution in [0, 0.1) is 0 Å². The second-order valence-corrected chi connectivity index (χ2v) is 9.31. The van der Waals surface area contributed by atoms with Crippen LogP contribution in [-0.4, -0.2) is 57.6 Å². The molecule has 2 aromatic heterocycles. The van der Waals surface area contributed by atoms with Crippen LogP contribution < -0.4 is 10.1 Å². The van der Waals surface area contributed by atoms with Gasteiger partial charge in [-0.15, -0.1) is 0 Å². The predicted octanol–water partition coefficient (Wildman–Crippen LogP) is 4.56. The van der Waals surface area contributed by atoms with Crippen molar-refractivity contribution in [2.45, 2.75) is 45.4 Å². The Morgan fingerprint density at radius 2 is 2.00 bits per heavy atom. The molecule has 170 valence electrons. The van der Waals surface area contributed by atoms with Crippen molar-refractivity contribution in [2.75, 3.05) is 25.5 Å². The third kappa shape index (κ3) is 4.91. The highest BCUT2D eigenvalue weighted by Crippen LogP contribution is 2.31. The molecule has 3 heterocycles. The number of methoxy groups -OCH3 is 1. The zero-order valence-electron chi connectivity index (χ0n) is 18.8. The molecule has 8 nitrogen and oxygen atoms in total. The van der Waals surface area contributed by atoms with E-state index in [2.05, 4.69) is 10.3 Å². The molecule has 1 saturated heterocycles. The number of nitrogens with one attached hydrogen (secondary N) is 1. The summed E-state index contributed by atoms with van der Waals surface area (Å²) in [6, 6.07) is 9.65. The van der Waals surface area contributed by atoms with Gasteiger partial charge in [0.1, 0.15) is 11.4 Å². The fraction of sp³-hybridized carbons (Fsp3) is 0.435. The number of carbonyl (C=O) groups excluding carboxylic acids is 1. The predicted molar refractivity (Wildman–Crippen MR) is 124 cm³/mol. The van der Waals surface area contributed by atoms with Crippen molar-refractivity contribution >= 4 is 34.5 Å². The molecule has 1 amide bonds. The van der Waals surface area contributed by atoms with E-state index in [9.17, 15) is 4.79 Å². The highest BCUT2D eigenvalue weighted by Gasteiger charge is 2.30. The SMILES string of the molecule is COc1ccc(Cn2nc(N[C@@H]3CCN(C(=O)OC(C)(C)C)C3)c3c(Cl)ccnc32)cc1. The lowest BCUT2D eigenvalue weighted by molar-refractivity contribution is 0.0293. The molecule has 32 heavy (non-hydrogen) atoms. The van der Waals surface area contributed by atoms with E-state index in [-0.39, 0.29) is 12.1 Å². The number of anilines is 1. The number of hydrogen-bond acceptors (Lipinski definition) is 6. The lowest BCUT2D eigenvalue weighted by Gasteiger charge is -2.24. The Labute approximate surface area is 192 Å². The number of fused-ring (bicyclic) bond motifs is 1. The maximum atomic E-state index is 12.4. The van der Waals surface area contributed by atoms with E-state index >= 15 is 0 Å². The molecule has 1 atom stereocenters. The summed E-state index contributed by atoms with van der Waals surface area (Å²) in [6.45, 7) is 7.32. The topological polar surface area (TPSA) is 81.5 Å². The third-order valence-corrected chi connectivity index (χ3v) is 5.57. The van der Waals surface area contributed by atoms with Crippen LogP contribution in [0.4, 0.5) is 10.6 Å². The number of nitrogens with zero attached hydrogens (tertiary/aromatic N) is 4. The highest BCUT2D eigenvalue weighted by atomic mass is 35.5. The van der Waals surface area contributed by atoms with Gasteiger partial charge >= 0.3 is 6.09 Å². The van der Waals surface area contributed by atoms with E-state index in [1.54, 1.807) is 24.3 Å².